The lowest BCUT2D eigenvalue weighted by Gasteiger charge is -2.35. The van der Waals surface area contributed by atoms with E-state index < -0.39 is 33.8 Å². The molecule has 4 aromatic carbocycles. The van der Waals surface area contributed by atoms with Crippen LogP contribution in [-0.2, 0) is 15.7 Å². The van der Waals surface area contributed by atoms with Crippen LogP contribution in [0.3, 0.4) is 0 Å². The molecule has 0 radical (unpaired) electrons. The van der Waals surface area contributed by atoms with Gasteiger partial charge in [-0.2, -0.15) is 0 Å². The van der Waals surface area contributed by atoms with Crippen LogP contribution >= 0.6 is 23.1 Å². The van der Waals surface area contributed by atoms with Crippen molar-refractivity contribution in [2.45, 2.75) is 15.3 Å². The second-order valence-corrected chi connectivity index (χ2v) is 14.0. The van der Waals surface area contributed by atoms with Crippen molar-refractivity contribution >= 4 is 56.6 Å². The van der Waals surface area contributed by atoms with E-state index >= 15 is 0 Å². The van der Waals surface area contributed by atoms with Crippen LogP contribution in [-0.4, -0.2) is 33.8 Å². The highest BCUT2D eigenvalue weighted by atomic mass is 32.2. The van der Waals surface area contributed by atoms with Crippen molar-refractivity contribution in [3.05, 3.63) is 149 Å². The highest BCUT2D eigenvalue weighted by Gasteiger charge is 2.36. The average molecular weight is 692 g/mol. The third kappa shape index (κ3) is 7.40. The molecule has 0 saturated heterocycles. The number of anilines is 1. The molecule has 0 spiro atoms. The molecule has 0 aliphatic rings. The zero-order valence-electron chi connectivity index (χ0n) is 24.6. The van der Waals surface area contributed by atoms with Gasteiger partial charge in [-0.25, -0.2) is 4.21 Å². The summed E-state index contributed by atoms with van der Waals surface area (Å²) in [6.45, 7) is 0.309. The molecule has 1 amide bonds. The number of carbonyl (C=O) groups excluding carboxylic acids is 1. The Labute approximate surface area is 280 Å². The van der Waals surface area contributed by atoms with Crippen molar-refractivity contribution in [2.75, 3.05) is 17.0 Å². The molecule has 0 aliphatic carbocycles. The predicted octanol–water partition coefficient (Wildman–Crippen LogP) is 8.72. The first-order chi connectivity index (χ1) is 22.7. The number of fused-ring (bicyclic) bond motifs is 1. The maximum atomic E-state index is 13.3. The summed E-state index contributed by atoms with van der Waals surface area (Å²) in [6, 6.07) is 37.7. The molecule has 2 aromatic heterocycles. The van der Waals surface area contributed by atoms with Crippen molar-refractivity contribution in [1.29, 1.82) is 0 Å². The van der Waals surface area contributed by atoms with Crippen molar-refractivity contribution in [2.24, 2.45) is 0 Å². The van der Waals surface area contributed by atoms with E-state index in [0.29, 0.717) is 22.0 Å². The lowest BCUT2D eigenvalue weighted by Crippen LogP contribution is -2.30. The fraction of sp³-hybridized carbons (Fsp3) is 0.114. The Bertz CT molecular complexity index is 1870. The van der Waals surface area contributed by atoms with Gasteiger partial charge in [0, 0.05) is 23.8 Å². The molecular formula is C35H28F3N3O3S3. The van der Waals surface area contributed by atoms with Crippen LogP contribution in [0, 0.1) is 0 Å². The van der Waals surface area contributed by atoms with Crippen LogP contribution < -0.4 is 14.8 Å². The van der Waals surface area contributed by atoms with Crippen molar-refractivity contribution in [3.63, 3.8) is 0 Å². The molecule has 1 unspecified atom stereocenters. The smallest absolute Gasteiger partial charge is 0.406 e. The summed E-state index contributed by atoms with van der Waals surface area (Å²) in [5.41, 5.74) is 3.85. The fourth-order valence-electron chi connectivity index (χ4n) is 5.36. The maximum absolute atomic E-state index is 13.3. The quantitative estimate of drug-likeness (QED) is 0.0886. The lowest BCUT2D eigenvalue weighted by molar-refractivity contribution is -0.274. The molecule has 1 atom stereocenters. The summed E-state index contributed by atoms with van der Waals surface area (Å²) < 4.78 is 59.0. The molecule has 6 aromatic rings. The number of hydrogen-bond donors (Lipinski definition) is 3. The van der Waals surface area contributed by atoms with E-state index in [1.807, 2.05) is 54.6 Å². The number of aromatic nitrogens is 1. The summed E-state index contributed by atoms with van der Waals surface area (Å²) in [6.07, 6.45) is -4.93. The van der Waals surface area contributed by atoms with Gasteiger partial charge in [-0.15, -0.1) is 36.3 Å². The largest absolute Gasteiger partial charge is 0.573 e. The number of H-pyrrole nitrogens is 1. The Morgan fingerprint density at radius 1 is 0.830 bits per heavy atom. The van der Waals surface area contributed by atoms with Crippen LogP contribution in [0.2, 0.25) is 0 Å². The molecule has 3 N–H and O–H groups in total. The van der Waals surface area contributed by atoms with Gasteiger partial charge in [-0.1, -0.05) is 97.1 Å². The standard InChI is InChI=1S/C35H28F3N3O3S3/c36-35(37,38)44-28-21-24-22-30(40-32(24)29(23-28)41-47(43)31-17-10-19-45-31)33(42)39-18-20-46-34(25-11-4-1-5-12-25,26-13-6-2-7-14-26)27-15-8-3-9-16-27/h1-17,19,21-23,40-41H,18,20H2,(H,39,42). The lowest BCUT2D eigenvalue weighted by atomic mass is 9.84. The molecule has 6 nitrogen and oxygen atoms in total. The van der Waals surface area contributed by atoms with E-state index in [-0.39, 0.29) is 16.8 Å². The number of hydrogen-bond acceptors (Lipinski definition) is 5. The Morgan fingerprint density at radius 2 is 1.43 bits per heavy atom. The SMILES string of the molecule is O=C(NCCSC(c1ccccc1)(c1ccccc1)c1ccccc1)c1cc2cc(OC(F)(F)F)cc(NS(=O)c3cccs3)c2[nH]1. The zero-order valence-corrected chi connectivity index (χ0v) is 27.1. The highest BCUT2D eigenvalue weighted by molar-refractivity contribution is 8.00. The van der Waals surface area contributed by atoms with Gasteiger partial charge in [0.15, 0.2) is 11.0 Å². The Balaban J connectivity index is 1.24. The number of aromatic amines is 1. The third-order valence-electron chi connectivity index (χ3n) is 7.31. The fourth-order valence-corrected chi connectivity index (χ4v) is 8.54. The number of thioether (sulfide) groups is 1. The topological polar surface area (TPSA) is 83.2 Å². The van der Waals surface area contributed by atoms with Gasteiger partial charge in [-0.05, 0) is 40.3 Å². The molecule has 6 rings (SSSR count). The van der Waals surface area contributed by atoms with Gasteiger partial charge in [0.05, 0.1) is 16.0 Å². The van der Waals surface area contributed by atoms with Crippen LogP contribution in [0.4, 0.5) is 18.9 Å². The normalized spacial score (nSPS) is 12.5. The molecule has 2 heterocycles. The van der Waals surface area contributed by atoms with Gasteiger partial charge >= 0.3 is 6.36 Å². The monoisotopic (exact) mass is 691 g/mol. The van der Waals surface area contributed by atoms with E-state index in [2.05, 4.69) is 56.2 Å². The van der Waals surface area contributed by atoms with E-state index in [1.54, 1.807) is 29.3 Å². The van der Waals surface area contributed by atoms with Gasteiger partial charge < -0.3 is 15.0 Å². The first-order valence-corrected chi connectivity index (χ1v) is 17.5. The van der Waals surface area contributed by atoms with E-state index in [0.717, 1.165) is 22.8 Å². The van der Waals surface area contributed by atoms with Gasteiger partial charge in [0.1, 0.15) is 15.7 Å². The minimum atomic E-state index is -4.93. The maximum Gasteiger partial charge on any atom is 0.573 e. The van der Waals surface area contributed by atoms with Gasteiger partial charge in [-0.3, -0.25) is 9.52 Å². The van der Waals surface area contributed by atoms with Crippen LogP contribution in [0.1, 0.15) is 27.2 Å². The molecule has 240 valence electrons. The predicted molar refractivity (Wildman–Crippen MR) is 183 cm³/mol. The minimum Gasteiger partial charge on any atom is -0.406 e. The molecular weight excluding hydrogens is 664 g/mol. The number of amides is 1. The van der Waals surface area contributed by atoms with E-state index in [1.165, 1.54) is 23.5 Å². The Morgan fingerprint density at radius 3 is 1.96 bits per heavy atom. The number of alkyl halides is 3. The number of rotatable bonds is 12. The summed E-state index contributed by atoms with van der Waals surface area (Å²) in [4.78, 5) is 16.3. The zero-order chi connectivity index (χ0) is 32.9. The Hall–Kier alpha value is -4.52. The number of carbonyl (C=O) groups is 1. The van der Waals surface area contributed by atoms with Crippen LogP contribution in [0.5, 0.6) is 5.75 Å². The van der Waals surface area contributed by atoms with E-state index in [9.17, 15) is 22.2 Å². The van der Waals surface area contributed by atoms with Crippen molar-refractivity contribution in [1.82, 2.24) is 10.3 Å². The second-order valence-electron chi connectivity index (χ2n) is 10.4. The van der Waals surface area contributed by atoms with Gasteiger partial charge in [0.25, 0.3) is 5.91 Å². The number of nitrogens with one attached hydrogen (secondary N) is 3. The number of thiophene rings is 1. The number of benzene rings is 4. The molecule has 0 aliphatic heterocycles. The summed E-state index contributed by atoms with van der Waals surface area (Å²) >= 11 is 2.93. The third-order valence-corrected chi connectivity index (χ3v) is 11.2. The molecule has 0 fully saturated rings. The van der Waals surface area contributed by atoms with E-state index in [4.69, 9.17) is 0 Å². The minimum absolute atomic E-state index is 0.0986. The van der Waals surface area contributed by atoms with Crippen LogP contribution in [0.25, 0.3) is 10.9 Å². The average Bonchev–Trinajstić information content (AvgIpc) is 3.77. The van der Waals surface area contributed by atoms with Crippen molar-refractivity contribution in [3.8, 4) is 5.75 Å². The molecule has 47 heavy (non-hydrogen) atoms. The van der Waals surface area contributed by atoms with Crippen molar-refractivity contribution < 1.29 is 26.9 Å². The first-order valence-electron chi connectivity index (χ1n) is 14.5. The molecule has 0 bridgehead atoms. The number of halogens is 3. The molecule has 12 heteroatoms. The highest BCUT2D eigenvalue weighted by Crippen LogP contribution is 2.48. The summed E-state index contributed by atoms with van der Waals surface area (Å²) in [5, 5.41) is 4.97. The second kappa shape index (κ2) is 14.1. The summed E-state index contributed by atoms with van der Waals surface area (Å²) in [5.74, 6) is -0.395. The number of ether oxygens (including phenoxy) is 1. The van der Waals surface area contributed by atoms with Gasteiger partial charge in [0.2, 0.25) is 0 Å². The first kappa shape index (κ1) is 32.4. The van der Waals surface area contributed by atoms with Crippen LogP contribution in [0.15, 0.2) is 131 Å². The Kier molecular flexibility index (Phi) is 9.71. The molecule has 0 saturated carbocycles. The summed E-state index contributed by atoms with van der Waals surface area (Å²) in [7, 11) is -1.75.